The molecule has 1 amide bonds. The summed E-state index contributed by atoms with van der Waals surface area (Å²) in [6.45, 7) is 2.64. The molecule has 1 saturated heterocycles. The fourth-order valence-corrected chi connectivity index (χ4v) is 3.06. The Morgan fingerprint density at radius 3 is 2.71 bits per heavy atom. The second kappa shape index (κ2) is 6.67. The molecule has 0 unspecified atom stereocenters. The fourth-order valence-electron chi connectivity index (χ4n) is 2.58. The van der Waals surface area contributed by atoms with Gasteiger partial charge in [-0.1, -0.05) is 36.2 Å². The first-order chi connectivity index (χ1) is 9.88. The zero-order chi connectivity index (χ0) is 15.6. The van der Waals surface area contributed by atoms with Crippen molar-refractivity contribution in [2.24, 2.45) is 11.8 Å². The largest absolute Gasteiger partial charge is 0.481 e. The molecule has 1 aliphatic heterocycles. The van der Waals surface area contributed by atoms with Crippen LogP contribution in [0.1, 0.15) is 18.9 Å². The molecule has 21 heavy (non-hydrogen) atoms. The Morgan fingerprint density at radius 2 is 2.14 bits per heavy atom. The topological polar surface area (TPSA) is 57.6 Å². The van der Waals surface area contributed by atoms with Crippen LogP contribution in [0.5, 0.6) is 0 Å². The van der Waals surface area contributed by atoms with Gasteiger partial charge in [-0.15, -0.1) is 0 Å². The molecule has 1 aromatic rings. The lowest BCUT2D eigenvalue weighted by Crippen LogP contribution is -2.34. The average Bonchev–Trinajstić information content (AvgIpc) is 2.90. The van der Waals surface area contributed by atoms with Crippen LogP contribution in [-0.2, 0) is 16.0 Å². The van der Waals surface area contributed by atoms with Crippen LogP contribution in [-0.4, -0.2) is 35.0 Å². The van der Waals surface area contributed by atoms with E-state index in [-0.39, 0.29) is 11.8 Å². The monoisotopic (exact) mass is 329 g/mol. The molecule has 1 heterocycles. The van der Waals surface area contributed by atoms with Gasteiger partial charge in [-0.05, 0) is 30.5 Å². The Kier molecular flexibility index (Phi) is 5.12. The van der Waals surface area contributed by atoms with Crippen molar-refractivity contribution >= 4 is 35.1 Å². The van der Waals surface area contributed by atoms with Crippen LogP contribution >= 0.6 is 23.2 Å². The van der Waals surface area contributed by atoms with Gasteiger partial charge in [-0.25, -0.2) is 0 Å². The van der Waals surface area contributed by atoms with Crippen LogP contribution in [0.15, 0.2) is 18.2 Å². The first kappa shape index (κ1) is 16.1. The number of carbonyl (C=O) groups excluding carboxylic acids is 1. The van der Waals surface area contributed by atoms with Crippen LogP contribution < -0.4 is 0 Å². The predicted octanol–water partition coefficient (Wildman–Crippen LogP) is 3.11. The minimum absolute atomic E-state index is 0.0234. The highest BCUT2D eigenvalue weighted by Crippen LogP contribution is 2.25. The van der Waals surface area contributed by atoms with E-state index in [0.29, 0.717) is 36.0 Å². The number of likely N-dealkylation sites (tertiary alicyclic amines) is 1. The van der Waals surface area contributed by atoms with Crippen molar-refractivity contribution < 1.29 is 14.7 Å². The maximum absolute atomic E-state index is 12.4. The van der Waals surface area contributed by atoms with Crippen molar-refractivity contribution in [2.45, 2.75) is 19.8 Å². The number of nitrogens with zero attached hydrogens (tertiary/aromatic N) is 1. The lowest BCUT2D eigenvalue weighted by atomic mass is 10.00. The van der Waals surface area contributed by atoms with E-state index < -0.39 is 11.9 Å². The molecular formula is C15H17Cl2NO3. The van der Waals surface area contributed by atoms with Gasteiger partial charge in [-0.3, -0.25) is 9.59 Å². The minimum Gasteiger partial charge on any atom is -0.481 e. The first-order valence-corrected chi connectivity index (χ1v) is 7.59. The highest BCUT2D eigenvalue weighted by Gasteiger charge is 2.32. The summed E-state index contributed by atoms with van der Waals surface area (Å²) in [5.74, 6) is -1.54. The number of halogens is 2. The standard InChI is InChI=1S/C15H17Cl2NO3/c1-9(6-10-2-3-12(16)7-13(10)17)14(19)18-5-4-11(8-18)15(20)21/h2-3,7,9,11H,4-6,8H2,1H3,(H,20,21)/t9-,11+/m0/s1. The first-order valence-electron chi connectivity index (χ1n) is 6.84. The summed E-state index contributed by atoms with van der Waals surface area (Å²) >= 11 is 12.0. The molecule has 0 aromatic heterocycles. The van der Waals surface area contributed by atoms with Gasteiger partial charge >= 0.3 is 5.97 Å². The van der Waals surface area contributed by atoms with E-state index in [4.69, 9.17) is 28.3 Å². The van der Waals surface area contributed by atoms with Gasteiger partial charge in [0.05, 0.1) is 5.92 Å². The van der Waals surface area contributed by atoms with E-state index in [1.54, 1.807) is 17.0 Å². The molecule has 1 aromatic carbocycles. The third-order valence-corrected chi connectivity index (χ3v) is 4.40. The molecular weight excluding hydrogens is 313 g/mol. The van der Waals surface area contributed by atoms with Crippen molar-refractivity contribution in [2.75, 3.05) is 13.1 Å². The van der Waals surface area contributed by atoms with Crippen molar-refractivity contribution in [1.29, 1.82) is 0 Å². The SMILES string of the molecule is C[C@@H](Cc1ccc(Cl)cc1Cl)C(=O)N1CC[C@@H](C(=O)O)C1. The van der Waals surface area contributed by atoms with Gasteiger partial charge in [0.25, 0.3) is 0 Å². The summed E-state index contributed by atoms with van der Waals surface area (Å²) in [7, 11) is 0. The zero-order valence-electron chi connectivity index (χ0n) is 11.7. The molecule has 4 nitrogen and oxygen atoms in total. The van der Waals surface area contributed by atoms with Gasteiger partial charge < -0.3 is 10.0 Å². The smallest absolute Gasteiger partial charge is 0.308 e. The summed E-state index contributed by atoms with van der Waals surface area (Å²) < 4.78 is 0. The maximum Gasteiger partial charge on any atom is 0.308 e. The second-order valence-corrected chi connectivity index (χ2v) is 6.29. The average molecular weight is 330 g/mol. The number of hydrogen-bond donors (Lipinski definition) is 1. The Balaban J connectivity index is 1.98. The number of rotatable bonds is 4. The van der Waals surface area contributed by atoms with Crippen LogP contribution in [0, 0.1) is 11.8 Å². The number of amides is 1. The van der Waals surface area contributed by atoms with Crippen LogP contribution in [0.25, 0.3) is 0 Å². The molecule has 1 N–H and O–H groups in total. The van der Waals surface area contributed by atoms with Crippen molar-refractivity contribution in [3.8, 4) is 0 Å². The summed E-state index contributed by atoms with van der Waals surface area (Å²) in [6, 6.07) is 5.22. The quantitative estimate of drug-likeness (QED) is 0.923. The second-order valence-electron chi connectivity index (χ2n) is 5.45. The van der Waals surface area contributed by atoms with Crippen LogP contribution in [0.3, 0.4) is 0 Å². The number of carboxylic acid groups (broad SMARTS) is 1. The van der Waals surface area contributed by atoms with Gasteiger partial charge in [0.2, 0.25) is 5.91 Å². The van der Waals surface area contributed by atoms with E-state index >= 15 is 0 Å². The van der Waals surface area contributed by atoms with Crippen molar-refractivity contribution in [3.63, 3.8) is 0 Å². The number of benzene rings is 1. The summed E-state index contributed by atoms with van der Waals surface area (Å²) in [4.78, 5) is 24.9. The molecule has 1 fully saturated rings. The van der Waals surface area contributed by atoms with E-state index in [0.717, 1.165) is 5.56 Å². The van der Waals surface area contributed by atoms with Gasteiger partial charge in [-0.2, -0.15) is 0 Å². The van der Waals surface area contributed by atoms with Crippen molar-refractivity contribution in [1.82, 2.24) is 4.90 Å². The zero-order valence-corrected chi connectivity index (χ0v) is 13.2. The fraction of sp³-hybridized carbons (Fsp3) is 0.467. The molecule has 0 spiro atoms. The van der Waals surface area contributed by atoms with Crippen LogP contribution in [0.4, 0.5) is 0 Å². The minimum atomic E-state index is -0.835. The Labute approximate surface area is 133 Å². The molecule has 114 valence electrons. The van der Waals surface area contributed by atoms with E-state index in [2.05, 4.69) is 0 Å². The van der Waals surface area contributed by atoms with Gasteiger partial charge in [0.1, 0.15) is 0 Å². The third kappa shape index (κ3) is 3.89. The lowest BCUT2D eigenvalue weighted by molar-refractivity contribution is -0.141. The normalized spacial score (nSPS) is 19.6. The molecule has 6 heteroatoms. The van der Waals surface area contributed by atoms with E-state index in [1.165, 1.54) is 0 Å². The predicted molar refractivity (Wildman–Crippen MR) is 81.7 cm³/mol. The molecule has 0 saturated carbocycles. The Bertz CT molecular complexity index is 562. The summed E-state index contributed by atoms with van der Waals surface area (Å²) in [5.41, 5.74) is 0.871. The summed E-state index contributed by atoms with van der Waals surface area (Å²) in [6.07, 6.45) is 1.04. The maximum atomic E-state index is 12.4. The molecule has 0 aliphatic carbocycles. The van der Waals surface area contributed by atoms with E-state index in [9.17, 15) is 9.59 Å². The molecule has 0 bridgehead atoms. The molecule has 1 aliphatic rings. The highest BCUT2D eigenvalue weighted by atomic mass is 35.5. The Hall–Kier alpha value is -1.26. The molecule has 0 radical (unpaired) electrons. The lowest BCUT2D eigenvalue weighted by Gasteiger charge is -2.21. The van der Waals surface area contributed by atoms with Crippen molar-refractivity contribution in [3.05, 3.63) is 33.8 Å². The summed E-state index contributed by atoms with van der Waals surface area (Å²) in [5, 5.41) is 10.1. The number of aliphatic carboxylic acids is 1. The Morgan fingerprint density at radius 1 is 1.43 bits per heavy atom. The van der Waals surface area contributed by atoms with Gasteiger partial charge in [0, 0.05) is 29.1 Å². The third-order valence-electron chi connectivity index (χ3n) is 3.81. The number of carboxylic acids is 1. The highest BCUT2D eigenvalue weighted by molar-refractivity contribution is 6.35. The molecule has 2 rings (SSSR count). The molecule has 2 atom stereocenters. The number of carbonyl (C=O) groups is 2. The van der Waals surface area contributed by atoms with Crippen LogP contribution in [0.2, 0.25) is 10.0 Å². The van der Waals surface area contributed by atoms with Gasteiger partial charge in [0.15, 0.2) is 0 Å². The number of hydrogen-bond acceptors (Lipinski definition) is 2. The van der Waals surface area contributed by atoms with E-state index in [1.807, 2.05) is 13.0 Å².